The Balaban J connectivity index is 1.93. The Labute approximate surface area is 110 Å². The van der Waals surface area contributed by atoms with E-state index >= 15 is 0 Å². The molecule has 1 fully saturated rings. The van der Waals surface area contributed by atoms with E-state index in [0.29, 0.717) is 12.2 Å². The van der Waals surface area contributed by atoms with Crippen molar-refractivity contribution in [3.8, 4) is 0 Å². The minimum Gasteiger partial charge on any atom is -0.307 e. The SMILES string of the molecule is O=C(Cc1ccc(I)cc1)C1CCCCN1. The predicted molar refractivity (Wildman–Crippen MR) is 73.5 cm³/mol. The molecule has 0 radical (unpaired) electrons. The highest BCUT2D eigenvalue weighted by atomic mass is 127. The zero-order valence-electron chi connectivity index (χ0n) is 9.21. The van der Waals surface area contributed by atoms with Gasteiger partial charge in [-0.15, -0.1) is 0 Å². The Morgan fingerprint density at radius 2 is 2.06 bits per heavy atom. The zero-order valence-corrected chi connectivity index (χ0v) is 11.4. The average Bonchev–Trinajstić information content (AvgIpc) is 2.33. The monoisotopic (exact) mass is 329 g/mol. The fourth-order valence-corrected chi connectivity index (χ4v) is 2.41. The summed E-state index contributed by atoms with van der Waals surface area (Å²) in [4.78, 5) is 12.0. The van der Waals surface area contributed by atoms with Crippen LogP contribution in [-0.4, -0.2) is 18.4 Å². The van der Waals surface area contributed by atoms with E-state index in [-0.39, 0.29) is 6.04 Å². The topological polar surface area (TPSA) is 29.1 Å². The maximum Gasteiger partial charge on any atom is 0.154 e. The molecule has 0 saturated carbocycles. The molecule has 0 aliphatic carbocycles. The van der Waals surface area contributed by atoms with Crippen LogP contribution in [0.15, 0.2) is 24.3 Å². The number of carbonyl (C=O) groups excluding carboxylic acids is 1. The van der Waals surface area contributed by atoms with E-state index in [9.17, 15) is 4.79 Å². The first-order valence-corrected chi connectivity index (χ1v) is 6.84. The van der Waals surface area contributed by atoms with E-state index in [2.05, 4.69) is 40.0 Å². The normalized spacial score (nSPS) is 20.7. The maximum absolute atomic E-state index is 12.0. The summed E-state index contributed by atoms with van der Waals surface area (Å²) in [7, 11) is 0. The van der Waals surface area contributed by atoms with Gasteiger partial charge in [-0.05, 0) is 59.7 Å². The molecule has 1 saturated heterocycles. The van der Waals surface area contributed by atoms with E-state index in [1.54, 1.807) is 0 Å². The van der Waals surface area contributed by atoms with Gasteiger partial charge in [0.25, 0.3) is 0 Å². The molecule has 1 aromatic carbocycles. The van der Waals surface area contributed by atoms with Crippen molar-refractivity contribution in [2.24, 2.45) is 0 Å². The van der Waals surface area contributed by atoms with Crippen LogP contribution in [0.2, 0.25) is 0 Å². The molecular weight excluding hydrogens is 313 g/mol. The molecule has 2 rings (SSSR count). The zero-order chi connectivity index (χ0) is 11.4. The summed E-state index contributed by atoms with van der Waals surface area (Å²) in [5, 5.41) is 3.30. The van der Waals surface area contributed by atoms with Crippen LogP contribution in [0, 0.1) is 3.57 Å². The van der Waals surface area contributed by atoms with Gasteiger partial charge in [0.2, 0.25) is 0 Å². The number of piperidine rings is 1. The molecule has 0 spiro atoms. The molecule has 1 aliphatic rings. The van der Waals surface area contributed by atoms with Gasteiger partial charge < -0.3 is 5.32 Å². The number of hydrogen-bond acceptors (Lipinski definition) is 2. The van der Waals surface area contributed by atoms with E-state index in [1.165, 1.54) is 16.4 Å². The van der Waals surface area contributed by atoms with Crippen LogP contribution in [-0.2, 0) is 11.2 Å². The van der Waals surface area contributed by atoms with Crippen LogP contribution in [0.1, 0.15) is 24.8 Å². The quantitative estimate of drug-likeness (QED) is 0.864. The van der Waals surface area contributed by atoms with E-state index in [0.717, 1.165) is 18.5 Å². The van der Waals surface area contributed by atoms with Gasteiger partial charge in [-0.1, -0.05) is 18.6 Å². The highest BCUT2D eigenvalue weighted by Gasteiger charge is 2.20. The molecule has 1 heterocycles. The van der Waals surface area contributed by atoms with Crippen molar-refractivity contribution in [1.29, 1.82) is 0 Å². The van der Waals surface area contributed by atoms with E-state index in [1.807, 2.05) is 12.1 Å². The van der Waals surface area contributed by atoms with E-state index in [4.69, 9.17) is 0 Å². The highest BCUT2D eigenvalue weighted by Crippen LogP contribution is 2.12. The van der Waals surface area contributed by atoms with Crippen molar-refractivity contribution in [1.82, 2.24) is 5.32 Å². The third-order valence-corrected chi connectivity index (χ3v) is 3.71. The van der Waals surface area contributed by atoms with Gasteiger partial charge in [-0.3, -0.25) is 4.79 Å². The molecule has 1 aliphatic heterocycles. The summed E-state index contributed by atoms with van der Waals surface area (Å²) >= 11 is 2.28. The number of hydrogen-bond donors (Lipinski definition) is 1. The molecule has 1 N–H and O–H groups in total. The minimum atomic E-state index is 0.0908. The van der Waals surface area contributed by atoms with Crippen LogP contribution in [0.4, 0.5) is 0 Å². The third-order valence-electron chi connectivity index (χ3n) is 2.99. The van der Waals surface area contributed by atoms with Crippen LogP contribution >= 0.6 is 22.6 Å². The maximum atomic E-state index is 12.0. The smallest absolute Gasteiger partial charge is 0.154 e. The molecule has 2 nitrogen and oxygen atoms in total. The number of ketones is 1. The van der Waals surface area contributed by atoms with Crippen LogP contribution in [0.25, 0.3) is 0 Å². The van der Waals surface area contributed by atoms with Crippen molar-refractivity contribution < 1.29 is 4.79 Å². The van der Waals surface area contributed by atoms with Crippen LogP contribution in [0.5, 0.6) is 0 Å². The summed E-state index contributed by atoms with van der Waals surface area (Å²) in [5.41, 5.74) is 1.12. The van der Waals surface area contributed by atoms with Crippen molar-refractivity contribution in [2.45, 2.75) is 31.7 Å². The number of halogens is 1. The number of carbonyl (C=O) groups is 1. The molecule has 1 atom stereocenters. The Bertz CT molecular complexity index is 355. The van der Waals surface area contributed by atoms with Gasteiger partial charge in [0.15, 0.2) is 5.78 Å². The molecular formula is C13H16INO. The fraction of sp³-hybridized carbons (Fsp3) is 0.462. The van der Waals surface area contributed by atoms with Gasteiger partial charge in [-0.2, -0.15) is 0 Å². The average molecular weight is 329 g/mol. The Morgan fingerprint density at radius 3 is 2.69 bits per heavy atom. The first kappa shape index (κ1) is 12.0. The lowest BCUT2D eigenvalue weighted by atomic mass is 9.97. The second kappa shape index (κ2) is 5.77. The number of benzene rings is 1. The van der Waals surface area contributed by atoms with Gasteiger partial charge in [0.1, 0.15) is 0 Å². The minimum absolute atomic E-state index is 0.0908. The molecule has 86 valence electrons. The van der Waals surface area contributed by atoms with Crippen molar-refractivity contribution in [3.05, 3.63) is 33.4 Å². The largest absolute Gasteiger partial charge is 0.307 e. The van der Waals surface area contributed by atoms with Crippen molar-refractivity contribution in [2.75, 3.05) is 6.54 Å². The number of nitrogens with one attached hydrogen (secondary N) is 1. The van der Waals surface area contributed by atoms with Gasteiger partial charge >= 0.3 is 0 Å². The van der Waals surface area contributed by atoms with Crippen LogP contribution in [0.3, 0.4) is 0 Å². The second-order valence-corrected chi connectivity index (χ2v) is 5.52. The number of Topliss-reactive ketones (excluding diaryl/α,β-unsaturated/α-hetero) is 1. The molecule has 1 aromatic rings. The molecule has 16 heavy (non-hydrogen) atoms. The third kappa shape index (κ3) is 3.28. The Hall–Kier alpha value is -0.420. The first-order valence-electron chi connectivity index (χ1n) is 5.76. The summed E-state index contributed by atoms with van der Waals surface area (Å²) in [6.07, 6.45) is 3.95. The molecule has 0 aromatic heterocycles. The lowest BCUT2D eigenvalue weighted by Gasteiger charge is -2.22. The molecule has 3 heteroatoms. The summed E-state index contributed by atoms with van der Waals surface area (Å²) in [6.45, 7) is 0.989. The lowest BCUT2D eigenvalue weighted by Crippen LogP contribution is -2.41. The second-order valence-electron chi connectivity index (χ2n) is 4.27. The van der Waals surface area contributed by atoms with E-state index < -0.39 is 0 Å². The van der Waals surface area contributed by atoms with Gasteiger partial charge in [0, 0.05) is 9.99 Å². The predicted octanol–water partition coefficient (Wildman–Crippen LogP) is 2.54. The molecule has 0 amide bonds. The van der Waals surface area contributed by atoms with Crippen LogP contribution < -0.4 is 5.32 Å². The van der Waals surface area contributed by atoms with Gasteiger partial charge in [0.05, 0.1) is 6.04 Å². The molecule has 0 bridgehead atoms. The number of rotatable bonds is 3. The molecule has 1 unspecified atom stereocenters. The Kier molecular flexibility index (Phi) is 4.35. The Morgan fingerprint density at radius 1 is 1.31 bits per heavy atom. The van der Waals surface area contributed by atoms with Crippen molar-refractivity contribution in [3.63, 3.8) is 0 Å². The first-order chi connectivity index (χ1) is 7.75. The van der Waals surface area contributed by atoms with Crippen molar-refractivity contribution >= 4 is 28.4 Å². The fourth-order valence-electron chi connectivity index (χ4n) is 2.05. The summed E-state index contributed by atoms with van der Waals surface area (Å²) in [5.74, 6) is 0.334. The summed E-state index contributed by atoms with van der Waals surface area (Å²) < 4.78 is 1.21. The summed E-state index contributed by atoms with van der Waals surface area (Å²) in [6, 6.07) is 8.29. The lowest BCUT2D eigenvalue weighted by molar-refractivity contribution is -0.120. The standard InChI is InChI=1S/C13H16INO/c14-11-6-4-10(5-7-11)9-13(16)12-3-1-2-8-15-12/h4-7,12,15H,1-3,8-9H2. The van der Waals surface area contributed by atoms with Gasteiger partial charge in [-0.25, -0.2) is 0 Å². The highest BCUT2D eigenvalue weighted by molar-refractivity contribution is 14.1.